The van der Waals surface area contributed by atoms with Gasteiger partial charge in [-0.25, -0.2) is 13.2 Å². The molecule has 17 heavy (non-hydrogen) atoms. The molecule has 0 aliphatic heterocycles. The number of carboxylic acids is 1. The van der Waals surface area contributed by atoms with Crippen LogP contribution in [0.2, 0.25) is 0 Å². The molecule has 0 amide bonds. The third-order valence-electron chi connectivity index (χ3n) is 1.77. The number of carbonyl (C=O) groups is 1. The number of benzene rings is 1. The van der Waals surface area contributed by atoms with Crippen molar-refractivity contribution >= 4 is 31.7 Å². The maximum atomic E-state index is 12.3. The molecule has 0 aromatic heterocycles. The van der Waals surface area contributed by atoms with Crippen molar-refractivity contribution in [3.05, 3.63) is 28.2 Å². The van der Waals surface area contributed by atoms with E-state index in [4.69, 9.17) is 5.11 Å². The molecule has 0 spiro atoms. The average molecular weight is 333 g/mol. The van der Waals surface area contributed by atoms with Gasteiger partial charge in [-0.3, -0.25) is 0 Å². The number of sulfone groups is 1. The Bertz CT molecular complexity index is 565. The fourth-order valence-corrected chi connectivity index (χ4v) is 2.51. The molecule has 1 rings (SSSR count). The van der Waals surface area contributed by atoms with Crippen molar-refractivity contribution in [1.82, 2.24) is 0 Å². The number of hydrogen-bond donors (Lipinski definition) is 1. The summed E-state index contributed by atoms with van der Waals surface area (Å²) in [6.45, 7) is 0. The lowest BCUT2D eigenvalue weighted by molar-refractivity contribution is -0.0436. The molecule has 1 aromatic rings. The van der Waals surface area contributed by atoms with Gasteiger partial charge in [0.1, 0.15) is 0 Å². The standard InChI is InChI=1S/C8H4BrF3O4S/c9-4-1-2-5(7(13)14)6(3-4)17(15,16)8(10,11)12/h1-3H,(H,13,14). The Balaban J connectivity index is 3.61. The molecule has 0 fully saturated rings. The van der Waals surface area contributed by atoms with Crippen molar-refractivity contribution in [2.75, 3.05) is 0 Å². The van der Waals surface area contributed by atoms with Crippen LogP contribution in [0, 0.1) is 0 Å². The van der Waals surface area contributed by atoms with Crippen molar-refractivity contribution in [3.8, 4) is 0 Å². The molecule has 0 bridgehead atoms. The van der Waals surface area contributed by atoms with E-state index in [1.54, 1.807) is 0 Å². The summed E-state index contributed by atoms with van der Waals surface area (Å²) >= 11 is 2.78. The highest BCUT2D eigenvalue weighted by molar-refractivity contribution is 9.10. The Morgan fingerprint density at radius 1 is 1.29 bits per heavy atom. The fraction of sp³-hybridized carbons (Fsp3) is 0.125. The van der Waals surface area contributed by atoms with Gasteiger partial charge in [0.2, 0.25) is 0 Å². The molecule has 1 aromatic carbocycles. The molecule has 1 N–H and O–H groups in total. The summed E-state index contributed by atoms with van der Waals surface area (Å²) in [6.07, 6.45) is 0. The first-order valence-electron chi connectivity index (χ1n) is 3.91. The summed E-state index contributed by atoms with van der Waals surface area (Å²) in [5, 5.41) is 8.64. The van der Waals surface area contributed by atoms with E-state index in [1.807, 2.05) is 0 Å². The molecule has 0 heterocycles. The maximum Gasteiger partial charge on any atom is 0.501 e. The second-order valence-corrected chi connectivity index (χ2v) is 5.72. The molecule has 0 aliphatic carbocycles. The van der Waals surface area contributed by atoms with Crippen molar-refractivity contribution in [2.24, 2.45) is 0 Å². The smallest absolute Gasteiger partial charge is 0.478 e. The van der Waals surface area contributed by atoms with E-state index in [0.29, 0.717) is 6.07 Å². The number of aromatic carboxylic acids is 1. The molecule has 9 heteroatoms. The Morgan fingerprint density at radius 3 is 2.24 bits per heavy atom. The summed E-state index contributed by atoms with van der Waals surface area (Å²) in [7, 11) is -5.69. The van der Waals surface area contributed by atoms with Gasteiger partial charge < -0.3 is 5.11 Å². The minimum atomic E-state index is -5.69. The summed E-state index contributed by atoms with van der Waals surface area (Å²) in [5.41, 5.74) is -6.47. The Kier molecular flexibility index (Phi) is 3.53. The lowest BCUT2D eigenvalue weighted by atomic mass is 10.2. The topological polar surface area (TPSA) is 71.4 Å². The molecular formula is C8H4BrF3O4S. The van der Waals surface area contributed by atoms with Crippen LogP contribution in [0.1, 0.15) is 10.4 Å². The number of hydrogen-bond acceptors (Lipinski definition) is 3. The molecule has 0 unspecified atom stereocenters. The monoisotopic (exact) mass is 332 g/mol. The van der Waals surface area contributed by atoms with Gasteiger partial charge >= 0.3 is 11.5 Å². The Hall–Kier alpha value is -1.09. The van der Waals surface area contributed by atoms with Crippen LogP contribution >= 0.6 is 15.9 Å². The van der Waals surface area contributed by atoms with Gasteiger partial charge in [0.25, 0.3) is 9.84 Å². The zero-order chi connectivity index (χ0) is 13.4. The second kappa shape index (κ2) is 4.30. The third kappa shape index (κ3) is 2.60. The van der Waals surface area contributed by atoms with E-state index < -0.39 is 31.8 Å². The quantitative estimate of drug-likeness (QED) is 0.902. The molecular weight excluding hydrogens is 329 g/mol. The van der Waals surface area contributed by atoms with Crippen molar-refractivity contribution in [3.63, 3.8) is 0 Å². The van der Waals surface area contributed by atoms with Crippen LogP contribution in [0.4, 0.5) is 13.2 Å². The molecule has 0 saturated heterocycles. The van der Waals surface area contributed by atoms with Crippen molar-refractivity contribution in [2.45, 2.75) is 10.4 Å². The normalized spacial score (nSPS) is 12.5. The van der Waals surface area contributed by atoms with Gasteiger partial charge in [-0.15, -0.1) is 0 Å². The van der Waals surface area contributed by atoms with E-state index in [9.17, 15) is 26.4 Å². The molecule has 94 valence electrons. The third-order valence-corrected chi connectivity index (χ3v) is 3.79. The summed E-state index contributed by atoms with van der Waals surface area (Å²) in [6, 6.07) is 2.52. The second-order valence-electron chi connectivity index (χ2n) is 2.89. The minimum Gasteiger partial charge on any atom is -0.478 e. The van der Waals surface area contributed by atoms with Crippen LogP contribution in [-0.4, -0.2) is 25.0 Å². The van der Waals surface area contributed by atoms with Crippen molar-refractivity contribution < 1.29 is 31.5 Å². The highest BCUT2D eigenvalue weighted by Gasteiger charge is 2.48. The van der Waals surface area contributed by atoms with E-state index in [0.717, 1.165) is 12.1 Å². The van der Waals surface area contributed by atoms with E-state index >= 15 is 0 Å². The van der Waals surface area contributed by atoms with Crippen LogP contribution in [0.5, 0.6) is 0 Å². The highest BCUT2D eigenvalue weighted by Crippen LogP contribution is 2.33. The van der Waals surface area contributed by atoms with Crippen molar-refractivity contribution in [1.29, 1.82) is 0 Å². The van der Waals surface area contributed by atoms with Crippen LogP contribution < -0.4 is 0 Å². The Morgan fingerprint density at radius 2 is 1.82 bits per heavy atom. The number of alkyl halides is 3. The van der Waals surface area contributed by atoms with Gasteiger partial charge in [0, 0.05) is 4.47 Å². The van der Waals surface area contributed by atoms with E-state index in [2.05, 4.69) is 15.9 Å². The number of rotatable bonds is 2. The molecule has 0 aliphatic rings. The first-order valence-corrected chi connectivity index (χ1v) is 6.19. The molecule has 4 nitrogen and oxygen atoms in total. The SMILES string of the molecule is O=C(O)c1ccc(Br)cc1S(=O)(=O)C(F)(F)F. The van der Waals surface area contributed by atoms with Gasteiger partial charge in [-0.1, -0.05) is 15.9 Å². The van der Waals surface area contributed by atoms with Crippen LogP contribution in [0.15, 0.2) is 27.6 Å². The number of carboxylic acid groups (broad SMARTS) is 1. The van der Waals surface area contributed by atoms with Gasteiger partial charge in [0.05, 0.1) is 10.5 Å². The van der Waals surface area contributed by atoms with Gasteiger partial charge in [-0.2, -0.15) is 13.2 Å². The highest BCUT2D eigenvalue weighted by atomic mass is 79.9. The van der Waals surface area contributed by atoms with Crippen LogP contribution in [0.25, 0.3) is 0 Å². The molecule has 0 radical (unpaired) electrons. The van der Waals surface area contributed by atoms with Gasteiger partial charge in [0.15, 0.2) is 0 Å². The largest absolute Gasteiger partial charge is 0.501 e. The predicted octanol–water partition coefficient (Wildman–Crippen LogP) is 2.44. The number of halogens is 4. The summed E-state index contributed by atoms with van der Waals surface area (Å²) < 4.78 is 59.2. The summed E-state index contributed by atoms with van der Waals surface area (Å²) in [5.74, 6) is -1.75. The summed E-state index contributed by atoms with van der Waals surface area (Å²) in [4.78, 5) is 9.37. The van der Waals surface area contributed by atoms with E-state index in [1.165, 1.54) is 0 Å². The van der Waals surface area contributed by atoms with Crippen LogP contribution in [-0.2, 0) is 9.84 Å². The Labute approximate surface area is 102 Å². The zero-order valence-corrected chi connectivity index (χ0v) is 10.2. The first kappa shape index (κ1) is 14.0. The average Bonchev–Trinajstić information content (AvgIpc) is 2.15. The zero-order valence-electron chi connectivity index (χ0n) is 7.82. The van der Waals surface area contributed by atoms with E-state index in [-0.39, 0.29) is 4.47 Å². The molecule has 0 saturated carbocycles. The minimum absolute atomic E-state index is 0.0327. The lowest BCUT2D eigenvalue weighted by Crippen LogP contribution is -2.25. The molecule has 0 atom stereocenters. The van der Waals surface area contributed by atoms with Crippen LogP contribution in [0.3, 0.4) is 0 Å². The fourth-order valence-electron chi connectivity index (χ4n) is 1.02. The van der Waals surface area contributed by atoms with Gasteiger partial charge in [-0.05, 0) is 18.2 Å². The predicted molar refractivity (Wildman–Crippen MR) is 54.3 cm³/mol. The maximum absolute atomic E-state index is 12.3. The lowest BCUT2D eigenvalue weighted by Gasteiger charge is -2.10. The first-order chi connectivity index (χ1) is 7.57.